The van der Waals surface area contributed by atoms with Crippen molar-refractivity contribution in [3.63, 3.8) is 0 Å². The fraction of sp³-hybridized carbons (Fsp3) is 0.571. The molecular weight excluding hydrogens is 228 g/mol. The highest BCUT2D eigenvalue weighted by Crippen LogP contribution is 2.26. The van der Waals surface area contributed by atoms with E-state index in [0.717, 1.165) is 36.9 Å². The van der Waals surface area contributed by atoms with Gasteiger partial charge in [0, 0.05) is 23.4 Å². The molecule has 0 aromatic heterocycles. The second kappa shape index (κ2) is 6.99. The summed E-state index contributed by atoms with van der Waals surface area (Å²) in [6.45, 7) is 6.12. The molecule has 0 fully saturated rings. The van der Waals surface area contributed by atoms with Gasteiger partial charge >= 0.3 is 0 Å². The molecule has 0 amide bonds. The Balaban J connectivity index is 2.88. The van der Waals surface area contributed by atoms with Crippen molar-refractivity contribution in [2.45, 2.75) is 52.5 Å². The monoisotopic (exact) mass is 250 g/mol. The Labute approximate surface area is 109 Å². The summed E-state index contributed by atoms with van der Waals surface area (Å²) in [5.41, 5.74) is 1.79. The van der Waals surface area contributed by atoms with Crippen molar-refractivity contribution in [1.29, 1.82) is 0 Å². The average Bonchev–Trinajstić information content (AvgIpc) is 2.32. The van der Waals surface area contributed by atoms with Crippen molar-refractivity contribution in [2.75, 3.05) is 5.32 Å². The lowest BCUT2D eigenvalue weighted by Crippen LogP contribution is -2.19. The molecule has 18 heavy (non-hydrogen) atoms. The van der Waals surface area contributed by atoms with Gasteiger partial charge in [-0.25, -0.2) is 0 Å². The number of nitro benzene ring substituents is 1. The zero-order chi connectivity index (χ0) is 13.5. The Kier molecular flexibility index (Phi) is 5.62. The molecular formula is C14H22N2O2. The molecule has 1 aromatic carbocycles. The van der Waals surface area contributed by atoms with Crippen LogP contribution in [-0.2, 0) is 0 Å². The van der Waals surface area contributed by atoms with E-state index in [1.807, 2.05) is 6.07 Å². The van der Waals surface area contributed by atoms with Crippen LogP contribution in [0.15, 0.2) is 18.2 Å². The second-order valence-corrected chi connectivity index (χ2v) is 4.63. The van der Waals surface area contributed by atoms with Crippen LogP contribution in [0.3, 0.4) is 0 Å². The van der Waals surface area contributed by atoms with E-state index in [2.05, 4.69) is 19.2 Å². The molecule has 4 nitrogen and oxygen atoms in total. The Morgan fingerprint density at radius 3 is 2.39 bits per heavy atom. The summed E-state index contributed by atoms with van der Waals surface area (Å²) < 4.78 is 0. The molecule has 0 atom stereocenters. The number of nitrogens with one attached hydrogen (secondary N) is 1. The summed E-state index contributed by atoms with van der Waals surface area (Å²) in [6.07, 6.45) is 4.42. The third-order valence-corrected chi connectivity index (χ3v) is 3.14. The Morgan fingerprint density at radius 2 is 1.89 bits per heavy atom. The quantitative estimate of drug-likeness (QED) is 0.580. The fourth-order valence-electron chi connectivity index (χ4n) is 2.18. The van der Waals surface area contributed by atoms with Crippen LogP contribution in [-0.4, -0.2) is 11.0 Å². The van der Waals surface area contributed by atoms with E-state index in [0.29, 0.717) is 6.04 Å². The first-order valence-corrected chi connectivity index (χ1v) is 6.60. The van der Waals surface area contributed by atoms with Gasteiger partial charge in [0.05, 0.1) is 4.92 Å². The molecule has 0 heterocycles. The minimum Gasteiger partial charge on any atom is -0.382 e. The van der Waals surface area contributed by atoms with Gasteiger partial charge in [-0.3, -0.25) is 10.1 Å². The first-order chi connectivity index (χ1) is 8.60. The van der Waals surface area contributed by atoms with Gasteiger partial charge in [-0.15, -0.1) is 0 Å². The predicted molar refractivity (Wildman–Crippen MR) is 75.1 cm³/mol. The van der Waals surface area contributed by atoms with Crippen molar-refractivity contribution in [2.24, 2.45) is 0 Å². The number of hydrogen-bond acceptors (Lipinski definition) is 3. The highest BCUT2D eigenvalue weighted by atomic mass is 16.6. The topological polar surface area (TPSA) is 55.2 Å². The number of hydrogen-bond donors (Lipinski definition) is 1. The van der Waals surface area contributed by atoms with Gasteiger partial charge in [0.15, 0.2) is 0 Å². The van der Waals surface area contributed by atoms with Crippen molar-refractivity contribution in [3.05, 3.63) is 33.9 Å². The first-order valence-electron chi connectivity index (χ1n) is 6.60. The van der Waals surface area contributed by atoms with E-state index in [1.54, 1.807) is 19.1 Å². The lowest BCUT2D eigenvalue weighted by atomic mass is 10.0. The summed E-state index contributed by atoms with van der Waals surface area (Å²) in [7, 11) is 0. The van der Waals surface area contributed by atoms with Crippen LogP contribution in [0.5, 0.6) is 0 Å². The first kappa shape index (κ1) is 14.5. The van der Waals surface area contributed by atoms with E-state index >= 15 is 0 Å². The molecule has 100 valence electrons. The maximum atomic E-state index is 10.9. The van der Waals surface area contributed by atoms with Gasteiger partial charge in [0.2, 0.25) is 0 Å². The maximum Gasteiger partial charge on any atom is 0.274 e. The van der Waals surface area contributed by atoms with Crippen LogP contribution in [0.2, 0.25) is 0 Å². The largest absolute Gasteiger partial charge is 0.382 e. The minimum atomic E-state index is -0.324. The number of nitrogens with zero attached hydrogens (tertiary/aromatic N) is 1. The number of anilines is 1. The minimum absolute atomic E-state index is 0.187. The average molecular weight is 250 g/mol. The van der Waals surface area contributed by atoms with Gasteiger partial charge in [0.1, 0.15) is 0 Å². The number of benzene rings is 1. The molecule has 4 heteroatoms. The van der Waals surface area contributed by atoms with Crippen LogP contribution < -0.4 is 5.32 Å². The molecule has 0 saturated carbocycles. The van der Waals surface area contributed by atoms with Gasteiger partial charge in [-0.05, 0) is 25.8 Å². The summed E-state index contributed by atoms with van der Waals surface area (Å²) >= 11 is 0. The molecule has 0 saturated heterocycles. The normalized spacial score (nSPS) is 10.7. The van der Waals surface area contributed by atoms with Crippen molar-refractivity contribution < 1.29 is 4.92 Å². The van der Waals surface area contributed by atoms with E-state index in [1.165, 1.54) is 0 Å². The molecule has 0 unspecified atom stereocenters. The standard InChI is InChI=1S/C14H22N2O2/c1-4-7-12(8-5-2)15-13-9-6-10-14(11(13)3)16(17)18/h6,9-10,12,15H,4-5,7-8H2,1-3H3. The molecule has 0 radical (unpaired) electrons. The van der Waals surface area contributed by atoms with Crippen LogP contribution >= 0.6 is 0 Å². The Bertz CT molecular complexity index is 399. The van der Waals surface area contributed by atoms with Gasteiger partial charge in [-0.1, -0.05) is 32.8 Å². The lowest BCUT2D eigenvalue weighted by Gasteiger charge is -2.20. The zero-order valence-corrected chi connectivity index (χ0v) is 11.4. The van der Waals surface area contributed by atoms with Crippen LogP contribution in [0.25, 0.3) is 0 Å². The van der Waals surface area contributed by atoms with Crippen LogP contribution in [0, 0.1) is 17.0 Å². The second-order valence-electron chi connectivity index (χ2n) is 4.63. The van der Waals surface area contributed by atoms with Crippen molar-refractivity contribution >= 4 is 11.4 Å². The van der Waals surface area contributed by atoms with Gasteiger partial charge < -0.3 is 5.32 Å². The van der Waals surface area contributed by atoms with Gasteiger partial charge in [-0.2, -0.15) is 0 Å². The lowest BCUT2D eigenvalue weighted by molar-refractivity contribution is -0.385. The smallest absolute Gasteiger partial charge is 0.274 e. The van der Waals surface area contributed by atoms with E-state index < -0.39 is 0 Å². The molecule has 0 aliphatic carbocycles. The summed E-state index contributed by atoms with van der Waals surface area (Å²) in [6, 6.07) is 5.61. The van der Waals surface area contributed by atoms with Crippen molar-refractivity contribution in [1.82, 2.24) is 0 Å². The maximum absolute atomic E-state index is 10.9. The molecule has 1 N–H and O–H groups in total. The Morgan fingerprint density at radius 1 is 1.28 bits per heavy atom. The van der Waals surface area contributed by atoms with Gasteiger partial charge in [0.25, 0.3) is 5.69 Å². The molecule has 0 aliphatic rings. The van der Waals surface area contributed by atoms with Crippen LogP contribution in [0.4, 0.5) is 11.4 Å². The Hall–Kier alpha value is -1.58. The third kappa shape index (κ3) is 3.72. The highest BCUT2D eigenvalue weighted by Gasteiger charge is 2.15. The number of rotatable bonds is 7. The highest BCUT2D eigenvalue weighted by molar-refractivity contribution is 5.60. The third-order valence-electron chi connectivity index (χ3n) is 3.14. The van der Waals surface area contributed by atoms with Crippen LogP contribution in [0.1, 0.15) is 45.1 Å². The van der Waals surface area contributed by atoms with Crippen molar-refractivity contribution in [3.8, 4) is 0 Å². The van der Waals surface area contributed by atoms with E-state index in [-0.39, 0.29) is 10.6 Å². The predicted octanol–water partition coefficient (Wildman–Crippen LogP) is 4.28. The summed E-state index contributed by atoms with van der Waals surface area (Å²) in [5.74, 6) is 0. The fourth-order valence-corrected chi connectivity index (χ4v) is 2.18. The SMILES string of the molecule is CCCC(CCC)Nc1cccc([N+](=O)[O-])c1C. The van der Waals surface area contributed by atoms with E-state index in [4.69, 9.17) is 0 Å². The molecule has 0 bridgehead atoms. The zero-order valence-electron chi connectivity index (χ0n) is 11.4. The molecule has 0 aliphatic heterocycles. The molecule has 0 spiro atoms. The number of nitro groups is 1. The molecule has 1 rings (SSSR count). The summed E-state index contributed by atoms with van der Waals surface area (Å²) in [5, 5.41) is 14.3. The molecule has 1 aromatic rings. The van der Waals surface area contributed by atoms with E-state index in [9.17, 15) is 10.1 Å². The summed E-state index contributed by atoms with van der Waals surface area (Å²) in [4.78, 5) is 10.6.